The molecule has 0 saturated carbocycles. The number of aryl methyl sites for hydroxylation is 2. The number of para-hydroxylation sites is 2. The quantitative estimate of drug-likeness (QED) is 0.731. The van der Waals surface area contributed by atoms with Crippen LogP contribution in [0.15, 0.2) is 47.4 Å². The van der Waals surface area contributed by atoms with E-state index >= 15 is 0 Å². The van der Waals surface area contributed by atoms with Gasteiger partial charge in [0.1, 0.15) is 0 Å². The van der Waals surface area contributed by atoms with Crippen molar-refractivity contribution in [1.29, 1.82) is 0 Å². The van der Waals surface area contributed by atoms with Crippen LogP contribution in [0.4, 0.5) is 0 Å². The minimum atomic E-state index is 0.0266. The van der Waals surface area contributed by atoms with Gasteiger partial charge in [-0.25, -0.2) is 4.79 Å². The van der Waals surface area contributed by atoms with Gasteiger partial charge in [0.05, 0.1) is 23.3 Å². The third-order valence-electron chi connectivity index (χ3n) is 3.67. The molecule has 0 bridgehead atoms. The van der Waals surface area contributed by atoms with Crippen LogP contribution in [0.5, 0.6) is 0 Å². The third-order valence-corrected chi connectivity index (χ3v) is 3.67. The van der Waals surface area contributed by atoms with Crippen LogP contribution >= 0.6 is 0 Å². The zero-order valence-electron chi connectivity index (χ0n) is 11.7. The fourth-order valence-corrected chi connectivity index (χ4v) is 2.56. The Morgan fingerprint density at radius 2 is 1.75 bits per heavy atom. The molecule has 0 aliphatic heterocycles. The van der Waals surface area contributed by atoms with E-state index in [0.29, 0.717) is 13.1 Å². The van der Waals surface area contributed by atoms with Crippen LogP contribution < -0.4 is 5.69 Å². The number of pyridine rings is 1. The molecule has 1 aromatic carbocycles. The van der Waals surface area contributed by atoms with Crippen molar-refractivity contribution < 1.29 is 0 Å². The number of hydrogen-bond acceptors (Lipinski definition) is 2. The first-order chi connectivity index (χ1) is 9.72. The highest BCUT2D eigenvalue weighted by atomic mass is 16.1. The van der Waals surface area contributed by atoms with E-state index in [1.165, 1.54) is 0 Å². The van der Waals surface area contributed by atoms with Crippen molar-refractivity contribution in [3.63, 3.8) is 0 Å². The minimum absolute atomic E-state index is 0.0266. The van der Waals surface area contributed by atoms with E-state index in [-0.39, 0.29) is 5.69 Å². The Balaban J connectivity index is 2.20. The van der Waals surface area contributed by atoms with Crippen LogP contribution in [0, 0.1) is 6.92 Å². The second kappa shape index (κ2) is 4.96. The second-order valence-electron chi connectivity index (χ2n) is 4.87. The fraction of sp³-hybridized carbons (Fsp3) is 0.250. The lowest BCUT2D eigenvalue weighted by molar-refractivity contribution is 0.675. The minimum Gasteiger partial charge on any atom is -0.292 e. The lowest BCUT2D eigenvalue weighted by Crippen LogP contribution is -2.24. The molecule has 0 fully saturated rings. The van der Waals surface area contributed by atoms with Gasteiger partial charge < -0.3 is 0 Å². The van der Waals surface area contributed by atoms with Gasteiger partial charge in [0.15, 0.2) is 0 Å². The average Bonchev–Trinajstić information content (AvgIpc) is 2.74. The maximum atomic E-state index is 12.5. The summed E-state index contributed by atoms with van der Waals surface area (Å²) in [5.41, 5.74) is 4.01. The van der Waals surface area contributed by atoms with E-state index in [1.807, 2.05) is 50.2 Å². The summed E-state index contributed by atoms with van der Waals surface area (Å²) in [4.78, 5) is 16.9. The molecule has 3 rings (SSSR count). The van der Waals surface area contributed by atoms with E-state index in [4.69, 9.17) is 0 Å². The van der Waals surface area contributed by atoms with E-state index < -0.39 is 0 Å². The summed E-state index contributed by atoms with van der Waals surface area (Å²) >= 11 is 0. The van der Waals surface area contributed by atoms with Crippen molar-refractivity contribution >= 4 is 11.0 Å². The zero-order chi connectivity index (χ0) is 14.1. The molecular weight excluding hydrogens is 250 g/mol. The van der Waals surface area contributed by atoms with E-state index in [9.17, 15) is 4.79 Å². The molecule has 2 heterocycles. The Morgan fingerprint density at radius 3 is 2.40 bits per heavy atom. The monoisotopic (exact) mass is 267 g/mol. The average molecular weight is 267 g/mol. The van der Waals surface area contributed by atoms with Crippen molar-refractivity contribution in [3.05, 3.63) is 64.3 Å². The Labute approximate surface area is 117 Å². The van der Waals surface area contributed by atoms with Crippen molar-refractivity contribution in [1.82, 2.24) is 14.1 Å². The highest BCUT2D eigenvalue weighted by Gasteiger charge is 2.12. The predicted molar refractivity (Wildman–Crippen MR) is 79.9 cm³/mol. The Bertz CT molecular complexity index is 814. The van der Waals surface area contributed by atoms with Gasteiger partial charge in [0.2, 0.25) is 0 Å². The summed E-state index contributed by atoms with van der Waals surface area (Å²) in [6.45, 7) is 5.20. The zero-order valence-corrected chi connectivity index (χ0v) is 11.7. The first-order valence-electron chi connectivity index (χ1n) is 6.81. The first kappa shape index (κ1) is 12.7. The van der Waals surface area contributed by atoms with Crippen molar-refractivity contribution in [3.8, 4) is 0 Å². The number of hydrogen-bond donors (Lipinski definition) is 0. The number of nitrogens with zero attached hydrogens (tertiary/aromatic N) is 3. The largest absolute Gasteiger partial charge is 0.329 e. The Kier molecular flexibility index (Phi) is 3.14. The molecule has 0 aliphatic rings. The molecule has 0 saturated heterocycles. The maximum Gasteiger partial charge on any atom is 0.329 e. The molecule has 2 aromatic heterocycles. The summed E-state index contributed by atoms with van der Waals surface area (Å²) in [7, 11) is 0. The van der Waals surface area contributed by atoms with Gasteiger partial charge in [0, 0.05) is 12.7 Å². The number of aromatic nitrogens is 3. The van der Waals surface area contributed by atoms with Crippen LogP contribution in [0.1, 0.15) is 18.2 Å². The number of fused-ring (bicyclic) bond motifs is 1. The number of benzene rings is 1. The topological polar surface area (TPSA) is 39.8 Å². The smallest absolute Gasteiger partial charge is 0.292 e. The fourth-order valence-electron chi connectivity index (χ4n) is 2.56. The highest BCUT2D eigenvalue weighted by molar-refractivity contribution is 5.76. The Morgan fingerprint density at radius 1 is 1.05 bits per heavy atom. The van der Waals surface area contributed by atoms with Gasteiger partial charge in [-0.3, -0.25) is 14.1 Å². The standard InChI is InChI=1S/C16H17N3O/c1-3-18-14-8-4-5-9-15(14)19(16(18)20)11-13-12(2)7-6-10-17-13/h4-10H,3,11H2,1-2H3. The molecule has 0 N–H and O–H groups in total. The normalized spacial score (nSPS) is 11.1. The third kappa shape index (κ3) is 1.93. The number of imidazole rings is 1. The molecule has 0 amide bonds. The van der Waals surface area contributed by atoms with E-state index in [2.05, 4.69) is 4.98 Å². The summed E-state index contributed by atoms with van der Waals surface area (Å²) in [6.07, 6.45) is 1.77. The van der Waals surface area contributed by atoms with Gasteiger partial charge in [-0.05, 0) is 37.6 Å². The molecule has 0 atom stereocenters. The van der Waals surface area contributed by atoms with Crippen LogP contribution in [0.25, 0.3) is 11.0 Å². The van der Waals surface area contributed by atoms with Crippen LogP contribution in [-0.2, 0) is 13.1 Å². The van der Waals surface area contributed by atoms with E-state index in [1.54, 1.807) is 15.3 Å². The number of rotatable bonds is 3. The van der Waals surface area contributed by atoms with Crippen molar-refractivity contribution in [2.24, 2.45) is 0 Å². The summed E-state index contributed by atoms with van der Waals surface area (Å²) in [6, 6.07) is 11.8. The van der Waals surface area contributed by atoms with Gasteiger partial charge >= 0.3 is 5.69 Å². The van der Waals surface area contributed by atoms with Gasteiger partial charge in [0.25, 0.3) is 0 Å². The van der Waals surface area contributed by atoms with E-state index in [0.717, 1.165) is 22.3 Å². The molecule has 102 valence electrons. The molecule has 3 aromatic rings. The predicted octanol–water partition coefficient (Wildman–Crippen LogP) is 2.57. The maximum absolute atomic E-state index is 12.5. The molecule has 4 heteroatoms. The van der Waals surface area contributed by atoms with Gasteiger partial charge in [-0.2, -0.15) is 0 Å². The van der Waals surface area contributed by atoms with Crippen LogP contribution in [0.3, 0.4) is 0 Å². The lowest BCUT2D eigenvalue weighted by Gasteiger charge is -2.05. The summed E-state index contributed by atoms with van der Waals surface area (Å²) in [5, 5.41) is 0. The second-order valence-corrected chi connectivity index (χ2v) is 4.87. The SMILES string of the molecule is CCn1c(=O)n(Cc2ncccc2C)c2ccccc21. The highest BCUT2D eigenvalue weighted by Crippen LogP contribution is 2.14. The molecule has 0 radical (unpaired) electrons. The summed E-state index contributed by atoms with van der Waals surface area (Å²) < 4.78 is 3.60. The van der Waals surface area contributed by atoms with Crippen LogP contribution in [0.2, 0.25) is 0 Å². The first-order valence-corrected chi connectivity index (χ1v) is 6.81. The lowest BCUT2D eigenvalue weighted by atomic mass is 10.2. The molecular formula is C16H17N3O. The van der Waals surface area contributed by atoms with Gasteiger partial charge in [-0.15, -0.1) is 0 Å². The van der Waals surface area contributed by atoms with Crippen LogP contribution in [-0.4, -0.2) is 14.1 Å². The molecule has 0 aliphatic carbocycles. The molecule has 0 spiro atoms. The summed E-state index contributed by atoms with van der Waals surface area (Å²) in [5.74, 6) is 0. The van der Waals surface area contributed by atoms with Crippen molar-refractivity contribution in [2.45, 2.75) is 26.9 Å². The molecule has 0 unspecified atom stereocenters. The van der Waals surface area contributed by atoms with Crippen molar-refractivity contribution in [2.75, 3.05) is 0 Å². The molecule has 20 heavy (non-hydrogen) atoms. The van der Waals surface area contributed by atoms with Gasteiger partial charge in [-0.1, -0.05) is 18.2 Å². The molecule has 4 nitrogen and oxygen atoms in total. The Hall–Kier alpha value is -2.36.